The number of hydrogen-bond acceptors (Lipinski definition) is 6. The van der Waals surface area contributed by atoms with Gasteiger partial charge in [0.1, 0.15) is 5.69 Å². The average Bonchev–Trinajstić information content (AvgIpc) is 3.05. The van der Waals surface area contributed by atoms with Crippen LogP contribution in [0.2, 0.25) is 0 Å². The summed E-state index contributed by atoms with van der Waals surface area (Å²) in [7, 11) is 0. The van der Waals surface area contributed by atoms with Gasteiger partial charge in [-0.1, -0.05) is 17.3 Å². The summed E-state index contributed by atoms with van der Waals surface area (Å²) in [5, 5.41) is 27.8. The first-order valence-electron chi connectivity index (χ1n) is 6.21. The molecule has 8 heteroatoms. The lowest BCUT2D eigenvalue weighted by Crippen LogP contribution is -2.03. The zero-order chi connectivity index (χ0) is 15.5. The Morgan fingerprint density at radius 2 is 2.14 bits per heavy atom. The topological polar surface area (TPSA) is 111 Å². The first kappa shape index (κ1) is 13.4. The Bertz CT molecular complexity index is 896. The average molecular weight is 292 g/mol. The highest BCUT2D eigenvalue weighted by atomic mass is 16.6. The van der Waals surface area contributed by atoms with Gasteiger partial charge in [0.25, 0.3) is 0 Å². The van der Waals surface area contributed by atoms with Crippen LogP contribution >= 0.6 is 0 Å². The third-order valence-corrected chi connectivity index (χ3v) is 2.96. The van der Waals surface area contributed by atoms with Crippen molar-refractivity contribution >= 4 is 5.69 Å². The first-order valence-corrected chi connectivity index (χ1v) is 6.21. The molecule has 0 fully saturated rings. The fourth-order valence-corrected chi connectivity index (χ4v) is 1.96. The molecule has 0 spiro atoms. The smallest absolute Gasteiger partial charge is 0.258 e. The normalized spacial score (nSPS) is 10.1. The second-order valence-corrected chi connectivity index (χ2v) is 4.34. The molecule has 22 heavy (non-hydrogen) atoms. The van der Waals surface area contributed by atoms with Gasteiger partial charge in [-0.25, -0.2) is 4.98 Å². The Labute approximate surface area is 124 Å². The molecule has 3 rings (SSSR count). The number of rotatable bonds is 3. The van der Waals surface area contributed by atoms with Crippen LogP contribution in [0.5, 0.6) is 0 Å². The molecule has 0 aliphatic heterocycles. The molecule has 0 saturated carbocycles. The first-order chi connectivity index (χ1) is 10.7. The standard InChI is InChI=1S/C14H8N6O2/c15-8-10-3-1-4-11(7-10)12-9-19(18-17-12)14-13(20(21)22)5-2-6-16-14/h1-7,9H. The summed E-state index contributed by atoms with van der Waals surface area (Å²) in [6.45, 7) is 0. The summed E-state index contributed by atoms with van der Waals surface area (Å²) in [4.78, 5) is 14.5. The van der Waals surface area contributed by atoms with Crippen LogP contribution in [-0.2, 0) is 0 Å². The van der Waals surface area contributed by atoms with Crippen LogP contribution in [-0.4, -0.2) is 24.9 Å². The van der Waals surface area contributed by atoms with E-state index in [2.05, 4.69) is 15.3 Å². The number of aromatic nitrogens is 4. The lowest BCUT2D eigenvalue weighted by atomic mass is 10.1. The van der Waals surface area contributed by atoms with E-state index >= 15 is 0 Å². The van der Waals surface area contributed by atoms with Gasteiger partial charge in [-0.05, 0) is 18.2 Å². The molecule has 0 aliphatic rings. The summed E-state index contributed by atoms with van der Waals surface area (Å²) >= 11 is 0. The van der Waals surface area contributed by atoms with Gasteiger partial charge in [-0.3, -0.25) is 10.1 Å². The van der Waals surface area contributed by atoms with E-state index in [0.717, 1.165) is 0 Å². The Balaban J connectivity index is 2.05. The van der Waals surface area contributed by atoms with Crippen molar-refractivity contribution in [2.24, 2.45) is 0 Å². The van der Waals surface area contributed by atoms with E-state index in [9.17, 15) is 10.1 Å². The third-order valence-electron chi connectivity index (χ3n) is 2.96. The summed E-state index contributed by atoms with van der Waals surface area (Å²) in [5.74, 6) is 0.0858. The summed E-state index contributed by atoms with van der Waals surface area (Å²) in [6.07, 6.45) is 2.98. The minimum absolute atomic E-state index is 0.0858. The highest BCUT2D eigenvalue weighted by Gasteiger charge is 2.17. The summed E-state index contributed by atoms with van der Waals surface area (Å²) in [5.41, 5.74) is 1.53. The van der Waals surface area contributed by atoms with E-state index in [0.29, 0.717) is 16.8 Å². The van der Waals surface area contributed by atoms with Crippen LogP contribution in [0.4, 0.5) is 5.69 Å². The number of nitriles is 1. The van der Waals surface area contributed by atoms with Crippen LogP contribution in [0.25, 0.3) is 17.1 Å². The fourth-order valence-electron chi connectivity index (χ4n) is 1.96. The molecule has 8 nitrogen and oxygen atoms in total. The van der Waals surface area contributed by atoms with Gasteiger partial charge >= 0.3 is 5.69 Å². The predicted molar refractivity (Wildman–Crippen MR) is 76.0 cm³/mol. The van der Waals surface area contributed by atoms with Gasteiger partial charge in [0.2, 0.25) is 5.82 Å². The maximum absolute atomic E-state index is 11.0. The van der Waals surface area contributed by atoms with Gasteiger partial charge in [0, 0.05) is 17.8 Å². The van der Waals surface area contributed by atoms with Crippen molar-refractivity contribution in [2.45, 2.75) is 0 Å². The summed E-state index contributed by atoms with van der Waals surface area (Å²) in [6, 6.07) is 11.7. The molecule has 3 aromatic rings. The van der Waals surface area contributed by atoms with Gasteiger partial charge in [-0.15, -0.1) is 5.10 Å². The molecule has 0 amide bonds. The van der Waals surface area contributed by atoms with Crippen LogP contribution in [0.15, 0.2) is 48.8 Å². The van der Waals surface area contributed by atoms with Crippen LogP contribution in [0, 0.1) is 21.4 Å². The maximum atomic E-state index is 11.0. The van der Waals surface area contributed by atoms with Crippen molar-refractivity contribution < 1.29 is 4.92 Å². The maximum Gasteiger partial charge on any atom is 0.313 e. The van der Waals surface area contributed by atoms with Gasteiger partial charge in [0.05, 0.1) is 22.8 Å². The fraction of sp³-hybridized carbons (Fsp3) is 0. The Morgan fingerprint density at radius 1 is 1.27 bits per heavy atom. The van der Waals surface area contributed by atoms with E-state index in [1.807, 2.05) is 6.07 Å². The van der Waals surface area contributed by atoms with Gasteiger partial charge in [-0.2, -0.15) is 9.94 Å². The van der Waals surface area contributed by atoms with Crippen molar-refractivity contribution in [3.05, 3.63) is 64.5 Å². The highest BCUT2D eigenvalue weighted by Crippen LogP contribution is 2.22. The molecule has 0 saturated heterocycles. The molecule has 2 aromatic heterocycles. The molecule has 1 aromatic carbocycles. The molecule has 0 N–H and O–H groups in total. The van der Waals surface area contributed by atoms with Gasteiger partial charge in [0.15, 0.2) is 0 Å². The SMILES string of the molecule is N#Cc1cccc(-c2cn(-c3ncccc3[N+](=O)[O-])nn2)c1. The number of nitro groups is 1. The number of benzene rings is 1. The Hall–Kier alpha value is -3.60. The molecular formula is C14H8N6O2. The van der Waals surface area contributed by atoms with Crippen LogP contribution < -0.4 is 0 Å². The zero-order valence-corrected chi connectivity index (χ0v) is 11.1. The van der Waals surface area contributed by atoms with E-state index in [1.54, 1.807) is 24.3 Å². The Kier molecular flexibility index (Phi) is 3.29. The lowest BCUT2D eigenvalue weighted by molar-refractivity contribution is -0.384. The van der Waals surface area contributed by atoms with Crippen molar-refractivity contribution in [2.75, 3.05) is 0 Å². The molecule has 0 radical (unpaired) electrons. The molecule has 0 bridgehead atoms. The quantitative estimate of drug-likeness (QED) is 0.540. The molecule has 0 unspecified atom stereocenters. The van der Waals surface area contributed by atoms with E-state index < -0.39 is 4.92 Å². The van der Waals surface area contributed by atoms with Crippen LogP contribution in [0.1, 0.15) is 5.56 Å². The number of pyridine rings is 1. The van der Waals surface area contributed by atoms with Crippen molar-refractivity contribution in [3.63, 3.8) is 0 Å². The molecular weight excluding hydrogens is 284 g/mol. The third kappa shape index (κ3) is 2.38. The second-order valence-electron chi connectivity index (χ2n) is 4.34. The predicted octanol–water partition coefficient (Wildman–Crippen LogP) is 2.11. The van der Waals surface area contributed by atoms with E-state index in [-0.39, 0.29) is 11.5 Å². The largest absolute Gasteiger partial charge is 0.313 e. The summed E-state index contributed by atoms with van der Waals surface area (Å²) < 4.78 is 1.24. The second kappa shape index (κ2) is 5.41. The molecule has 0 atom stereocenters. The van der Waals surface area contributed by atoms with Crippen molar-refractivity contribution in [1.29, 1.82) is 5.26 Å². The van der Waals surface area contributed by atoms with Crippen LogP contribution in [0.3, 0.4) is 0 Å². The minimum Gasteiger partial charge on any atom is -0.258 e. The van der Waals surface area contributed by atoms with E-state index in [4.69, 9.17) is 5.26 Å². The van der Waals surface area contributed by atoms with Crippen molar-refractivity contribution in [3.8, 4) is 23.1 Å². The van der Waals surface area contributed by atoms with E-state index in [1.165, 1.54) is 29.2 Å². The van der Waals surface area contributed by atoms with Gasteiger partial charge < -0.3 is 0 Å². The molecule has 0 aliphatic carbocycles. The van der Waals surface area contributed by atoms with Crippen molar-refractivity contribution in [1.82, 2.24) is 20.0 Å². The molecule has 2 heterocycles. The number of hydrogen-bond donors (Lipinski definition) is 0. The molecule has 106 valence electrons. The Morgan fingerprint density at radius 3 is 2.91 bits per heavy atom. The zero-order valence-electron chi connectivity index (χ0n) is 11.1. The monoisotopic (exact) mass is 292 g/mol. The minimum atomic E-state index is -0.528. The highest BCUT2D eigenvalue weighted by molar-refractivity contribution is 5.61. The lowest BCUT2D eigenvalue weighted by Gasteiger charge is -1.99. The number of nitrogens with zero attached hydrogens (tertiary/aromatic N) is 6.